The molecule has 0 radical (unpaired) electrons. The van der Waals surface area contributed by atoms with Gasteiger partial charge in [-0.2, -0.15) is 0 Å². The minimum absolute atomic E-state index is 0.0359. The standard InChI is InChI=1S/C15H29NO/c1-12-7-6-9-15(10-8-12)16-11-13(2,3)14(4,5)17-15/h12,16H,6-11H2,1-5H3. The number of nitrogens with one attached hydrogen (secondary N) is 1. The number of hydrogen-bond acceptors (Lipinski definition) is 2. The Morgan fingerprint density at radius 3 is 2.41 bits per heavy atom. The lowest BCUT2D eigenvalue weighted by Crippen LogP contribution is -2.65. The third kappa shape index (κ3) is 2.53. The summed E-state index contributed by atoms with van der Waals surface area (Å²) in [7, 11) is 0. The molecule has 1 aliphatic heterocycles. The van der Waals surface area contributed by atoms with Crippen LogP contribution in [0.4, 0.5) is 0 Å². The molecule has 2 atom stereocenters. The first-order chi connectivity index (χ1) is 7.77. The molecule has 1 heterocycles. The topological polar surface area (TPSA) is 21.3 Å². The predicted octanol–water partition coefficient (Wildman–Crippen LogP) is 3.71. The van der Waals surface area contributed by atoms with Crippen molar-refractivity contribution in [1.82, 2.24) is 5.32 Å². The maximum absolute atomic E-state index is 6.53. The second-order valence-electron chi connectivity index (χ2n) is 7.38. The largest absolute Gasteiger partial charge is 0.354 e. The van der Waals surface area contributed by atoms with Crippen LogP contribution in [0.25, 0.3) is 0 Å². The first kappa shape index (κ1) is 13.4. The highest BCUT2D eigenvalue weighted by Gasteiger charge is 2.50. The Hall–Kier alpha value is -0.0800. The molecule has 2 aliphatic rings. The average molecular weight is 239 g/mol. The fraction of sp³-hybridized carbons (Fsp3) is 1.00. The smallest absolute Gasteiger partial charge is 0.120 e. The minimum atomic E-state index is -0.0379. The molecule has 0 aromatic heterocycles. The van der Waals surface area contributed by atoms with Crippen molar-refractivity contribution in [3.8, 4) is 0 Å². The summed E-state index contributed by atoms with van der Waals surface area (Å²) in [5.74, 6) is 0.859. The summed E-state index contributed by atoms with van der Waals surface area (Å²) in [5.41, 5.74) is 0.131. The Morgan fingerprint density at radius 1 is 1.06 bits per heavy atom. The van der Waals surface area contributed by atoms with Crippen LogP contribution >= 0.6 is 0 Å². The van der Waals surface area contributed by atoms with E-state index in [-0.39, 0.29) is 16.7 Å². The maximum Gasteiger partial charge on any atom is 0.120 e. The van der Waals surface area contributed by atoms with Gasteiger partial charge in [-0.15, -0.1) is 0 Å². The van der Waals surface area contributed by atoms with Crippen LogP contribution in [-0.4, -0.2) is 17.9 Å². The monoisotopic (exact) mass is 239 g/mol. The molecular formula is C15H29NO. The van der Waals surface area contributed by atoms with Crippen molar-refractivity contribution in [2.75, 3.05) is 6.54 Å². The van der Waals surface area contributed by atoms with Gasteiger partial charge in [0.05, 0.1) is 5.60 Å². The van der Waals surface area contributed by atoms with E-state index < -0.39 is 0 Å². The Balaban J connectivity index is 2.13. The van der Waals surface area contributed by atoms with Crippen LogP contribution in [0.15, 0.2) is 0 Å². The summed E-state index contributed by atoms with van der Waals surface area (Å²) in [6, 6.07) is 0. The zero-order valence-electron chi connectivity index (χ0n) is 12.2. The van der Waals surface area contributed by atoms with Gasteiger partial charge in [0.15, 0.2) is 0 Å². The highest BCUT2D eigenvalue weighted by molar-refractivity contribution is 4.99. The van der Waals surface area contributed by atoms with Gasteiger partial charge in [0, 0.05) is 12.0 Å². The van der Waals surface area contributed by atoms with Gasteiger partial charge < -0.3 is 4.74 Å². The van der Waals surface area contributed by atoms with Gasteiger partial charge in [0.1, 0.15) is 5.72 Å². The van der Waals surface area contributed by atoms with E-state index in [0.29, 0.717) is 0 Å². The van der Waals surface area contributed by atoms with Crippen molar-refractivity contribution in [3.05, 3.63) is 0 Å². The summed E-state index contributed by atoms with van der Waals surface area (Å²) >= 11 is 0. The van der Waals surface area contributed by atoms with Crippen molar-refractivity contribution in [1.29, 1.82) is 0 Å². The quantitative estimate of drug-likeness (QED) is 0.696. The summed E-state index contributed by atoms with van der Waals surface area (Å²) in [6.45, 7) is 12.5. The summed E-state index contributed by atoms with van der Waals surface area (Å²) in [6.07, 6.45) is 6.30. The molecule has 1 N–H and O–H groups in total. The molecule has 2 fully saturated rings. The predicted molar refractivity (Wildman–Crippen MR) is 71.9 cm³/mol. The first-order valence-electron chi connectivity index (χ1n) is 7.22. The Labute approximate surface area is 107 Å². The lowest BCUT2D eigenvalue weighted by Gasteiger charge is -2.54. The van der Waals surface area contributed by atoms with Crippen molar-refractivity contribution >= 4 is 0 Å². The van der Waals surface area contributed by atoms with Crippen LogP contribution in [0, 0.1) is 11.3 Å². The molecule has 17 heavy (non-hydrogen) atoms. The van der Waals surface area contributed by atoms with E-state index in [1.165, 1.54) is 32.1 Å². The normalized spacial score (nSPS) is 41.1. The fourth-order valence-corrected chi connectivity index (χ4v) is 3.02. The minimum Gasteiger partial charge on any atom is -0.354 e. The molecule has 2 heteroatoms. The van der Waals surface area contributed by atoms with Gasteiger partial charge in [0.25, 0.3) is 0 Å². The molecule has 0 amide bonds. The van der Waals surface area contributed by atoms with Crippen molar-refractivity contribution < 1.29 is 4.74 Å². The highest BCUT2D eigenvalue weighted by Crippen LogP contribution is 2.44. The van der Waals surface area contributed by atoms with Crippen LogP contribution in [0.2, 0.25) is 0 Å². The number of ether oxygens (including phenoxy) is 1. The third-order valence-corrected chi connectivity index (χ3v) is 5.25. The van der Waals surface area contributed by atoms with E-state index in [9.17, 15) is 0 Å². The molecule has 100 valence electrons. The summed E-state index contributed by atoms with van der Waals surface area (Å²) in [4.78, 5) is 0. The van der Waals surface area contributed by atoms with Gasteiger partial charge in [-0.05, 0) is 45.4 Å². The van der Waals surface area contributed by atoms with Gasteiger partial charge in [-0.25, -0.2) is 0 Å². The van der Waals surface area contributed by atoms with Crippen LogP contribution in [-0.2, 0) is 4.74 Å². The molecule has 1 saturated carbocycles. The van der Waals surface area contributed by atoms with E-state index in [1.807, 2.05) is 0 Å². The second-order valence-corrected chi connectivity index (χ2v) is 7.38. The van der Waals surface area contributed by atoms with E-state index in [2.05, 4.69) is 39.9 Å². The van der Waals surface area contributed by atoms with Gasteiger partial charge in [-0.1, -0.05) is 27.2 Å². The summed E-state index contributed by atoms with van der Waals surface area (Å²) < 4.78 is 6.53. The van der Waals surface area contributed by atoms with Crippen molar-refractivity contribution in [2.24, 2.45) is 11.3 Å². The molecular weight excluding hydrogens is 210 g/mol. The van der Waals surface area contributed by atoms with E-state index >= 15 is 0 Å². The zero-order chi connectivity index (χ0) is 12.7. The number of rotatable bonds is 0. The van der Waals surface area contributed by atoms with Gasteiger partial charge in [0.2, 0.25) is 0 Å². The molecule has 0 bridgehead atoms. The van der Waals surface area contributed by atoms with E-state index in [0.717, 1.165) is 12.5 Å². The summed E-state index contributed by atoms with van der Waals surface area (Å²) in [5, 5.41) is 3.72. The second kappa shape index (κ2) is 4.24. The molecule has 0 aromatic rings. The molecule has 1 aliphatic carbocycles. The van der Waals surface area contributed by atoms with E-state index in [4.69, 9.17) is 4.74 Å². The molecule has 2 unspecified atom stereocenters. The molecule has 2 rings (SSSR count). The van der Waals surface area contributed by atoms with Crippen LogP contribution in [0.3, 0.4) is 0 Å². The Kier molecular flexibility index (Phi) is 3.33. The number of hydrogen-bond donors (Lipinski definition) is 1. The van der Waals surface area contributed by atoms with Gasteiger partial charge in [-0.3, -0.25) is 5.32 Å². The van der Waals surface area contributed by atoms with Crippen LogP contribution in [0.1, 0.15) is 66.7 Å². The highest BCUT2D eigenvalue weighted by atomic mass is 16.5. The SMILES string of the molecule is CC1CCCC2(CC1)NCC(C)(C)C(C)(C)O2. The van der Waals surface area contributed by atoms with E-state index in [1.54, 1.807) is 0 Å². The third-order valence-electron chi connectivity index (χ3n) is 5.25. The zero-order valence-corrected chi connectivity index (χ0v) is 12.2. The van der Waals surface area contributed by atoms with Crippen molar-refractivity contribution in [3.63, 3.8) is 0 Å². The fourth-order valence-electron chi connectivity index (χ4n) is 3.02. The lowest BCUT2D eigenvalue weighted by atomic mass is 9.74. The van der Waals surface area contributed by atoms with Crippen molar-refractivity contribution in [2.45, 2.75) is 78.0 Å². The molecule has 0 aromatic carbocycles. The lowest BCUT2D eigenvalue weighted by molar-refractivity contribution is -0.240. The Bertz CT molecular complexity index is 285. The van der Waals surface area contributed by atoms with Gasteiger partial charge >= 0.3 is 0 Å². The molecule has 1 spiro atoms. The molecule has 1 saturated heterocycles. The van der Waals surface area contributed by atoms with Crippen LogP contribution in [0.5, 0.6) is 0 Å². The Morgan fingerprint density at radius 2 is 1.76 bits per heavy atom. The average Bonchev–Trinajstić information content (AvgIpc) is 2.37. The van der Waals surface area contributed by atoms with Crippen LogP contribution < -0.4 is 5.32 Å². The first-order valence-corrected chi connectivity index (χ1v) is 7.22. The maximum atomic E-state index is 6.53. The molecule has 2 nitrogen and oxygen atoms in total.